The predicted octanol–water partition coefficient (Wildman–Crippen LogP) is 4.36. The summed E-state index contributed by atoms with van der Waals surface area (Å²) in [6, 6.07) is 11.9. The van der Waals surface area contributed by atoms with E-state index < -0.39 is 46.2 Å². The molecule has 34 heavy (non-hydrogen) atoms. The first-order chi connectivity index (χ1) is 16.1. The Labute approximate surface area is 188 Å². The van der Waals surface area contributed by atoms with Crippen molar-refractivity contribution in [3.8, 4) is 0 Å². The normalized spacial score (nSPS) is 11.3. The van der Waals surface area contributed by atoms with Crippen LogP contribution in [0.3, 0.4) is 0 Å². The summed E-state index contributed by atoms with van der Waals surface area (Å²) in [5.41, 5.74) is -2.96. The molecule has 2 aromatic carbocycles. The maximum atomic E-state index is 13.7. The molecule has 0 aliphatic rings. The summed E-state index contributed by atoms with van der Waals surface area (Å²) in [5.74, 6) is -2.40. The third-order valence-electron chi connectivity index (χ3n) is 4.80. The average molecular weight is 470 g/mol. The van der Waals surface area contributed by atoms with Gasteiger partial charge in [0.15, 0.2) is 0 Å². The number of carbonyl (C=O) groups is 2. The fraction of sp³-hybridized carbons (Fsp3) is 0.0435. The number of alkyl halides is 3. The number of benzene rings is 2. The molecule has 2 amide bonds. The Morgan fingerprint density at radius 1 is 0.912 bits per heavy atom. The van der Waals surface area contributed by atoms with Gasteiger partial charge in [-0.1, -0.05) is 6.07 Å². The number of halogens is 4. The van der Waals surface area contributed by atoms with Gasteiger partial charge in [0.25, 0.3) is 17.4 Å². The number of pyridine rings is 1. The van der Waals surface area contributed by atoms with E-state index in [2.05, 4.69) is 15.6 Å². The predicted molar refractivity (Wildman–Crippen MR) is 115 cm³/mol. The van der Waals surface area contributed by atoms with Crippen LogP contribution >= 0.6 is 0 Å². The van der Waals surface area contributed by atoms with E-state index in [0.29, 0.717) is 6.07 Å². The van der Waals surface area contributed by atoms with Crippen molar-refractivity contribution < 1.29 is 27.2 Å². The van der Waals surface area contributed by atoms with Crippen LogP contribution in [-0.2, 0) is 6.18 Å². The van der Waals surface area contributed by atoms with E-state index in [0.717, 1.165) is 34.9 Å². The van der Waals surface area contributed by atoms with Gasteiger partial charge in [-0.05, 0) is 54.6 Å². The molecular weight excluding hydrogens is 456 g/mol. The minimum atomic E-state index is -4.89. The van der Waals surface area contributed by atoms with Gasteiger partial charge in [-0.15, -0.1) is 0 Å². The molecule has 2 aromatic heterocycles. The molecule has 0 atom stereocenters. The number of amides is 2. The Morgan fingerprint density at radius 3 is 2.35 bits per heavy atom. The Hall–Kier alpha value is -4.54. The summed E-state index contributed by atoms with van der Waals surface area (Å²) < 4.78 is 55.2. The molecular formula is C23H14F4N4O3. The van der Waals surface area contributed by atoms with Crippen molar-refractivity contribution in [2.24, 2.45) is 0 Å². The van der Waals surface area contributed by atoms with Crippen molar-refractivity contribution in [2.75, 3.05) is 10.6 Å². The highest BCUT2D eigenvalue weighted by molar-refractivity contribution is 6.06. The molecule has 0 saturated heterocycles. The fourth-order valence-electron chi connectivity index (χ4n) is 3.14. The molecule has 0 bridgehead atoms. The maximum Gasteiger partial charge on any atom is 0.418 e. The number of hydrogen-bond acceptors (Lipinski definition) is 4. The summed E-state index contributed by atoms with van der Waals surface area (Å²) in [5, 5.41) is 4.38. The van der Waals surface area contributed by atoms with Crippen LogP contribution in [0, 0.1) is 5.82 Å². The Bertz CT molecular complexity index is 1460. The van der Waals surface area contributed by atoms with Crippen molar-refractivity contribution in [1.29, 1.82) is 0 Å². The van der Waals surface area contributed by atoms with Crippen molar-refractivity contribution in [1.82, 2.24) is 9.38 Å². The SMILES string of the molecule is O=C(Nc1ccc(NC(=O)c2cnc3ccccn3c2=O)c(C(F)(F)F)c1)c1ccc(F)cc1. The second-order valence-electron chi connectivity index (χ2n) is 7.08. The third-order valence-corrected chi connectivity index (χ3v) is 4.80. The van der Waals surface area contributed by atoms with Crippen LogP contribution in [0.2, 0.25) is 0 Å². The van der Waals surface area contributed by atoms with Crippen molar-refractivity contribution in [2.45, 2.75) is 6.18 Å². The van der Waals surface area contributed by atoms with Gasteiger partial charge in [-0.3, -0.25) is 18.8 Å². The zero-order chi connectivity index (χ0) is 24.5. The molecule has 4 rings (SSSR count). The van der Waals surface area contributed by atoms with Crippen molar-refractivity contribution in [3.63, 3.8) is 0 Å². The molecule has 11 heteroatoms. The zero-order valence-corrected chi connectivity index (χ0v) is 17.1. The highest BCUT2D eigenvalue weighted by Gasteiger charge is 2.34. The van der Waals surface area contributed by atoms with Crippen LogP contribution < -0.4 is 16.2 Å². The first-order valence-electron chi connectivity index (χ1n) is 9.69. The number of carbonyl (C=O) groups excluding carboxylic acids is 2. The highest BCUT2D eigenvalue weighted by atomic mass is 19.4. The summed E-state index contributed by atoms with van der Waals surface area (Å²) in [7, 11) is 0. The zero-order valence-electron chi connectivity index (χ0n) is 17.1. The minimum Gasteiger partial charge on any atom is -0.322 e. The maximum absolute atomic E-state index is 13.7. The van der Waals surface area contributed by atoms with Crippen LogP contribution in [0.1, 0.15) is 26.3 Å². The third kappa shape index (κ3) is 4.63. The monoisotopic (exact) mass is 470 g/mol. The van der Waals surface area contributed by atoms with Gasteiger partial charge < -0.3 is 10.6 Å². The summed E-state index contributed by atoms with van der Waals surface area (Å²) >= 11 is 0. The molecule has 0 unspecified atom stereocenters. The van der Waals surface area contributed by atoms with Crippen LogP contribution in [0.15, 0.2) is 77.9 Å². The first-order valence-corrected chi connectivity index (χ1v) is 9.69. The molecule has 0 saturated carbocycles. The van der Waals surface area contributed by atoms with Gasteiger partial charge in [0.2, 0.25) is 0 Å². The molecule has 2 heterocycles. The van der Waals surface area contributed by atoms with Crippen LogP contribution in [0.5, 0.6) is 0 Å². The summed E-state index contributed by atoms with van der Waals surface area (Å²) in [6.07, 6.45) is -2.53. The van der Waals surface area contributed by atoms with E-state index in [1.807, 2.05) is 0 Å². The molecule has 7 nitrogen and oxygen atoms in total. The Morgan fingerprint density at radius 2 is 1.65 bits per heavy atom. The first kappa shape index (κ1) is 22.6. The van der Waals surface area contributed by atoms with E-state index in [4.69, 9.17) is 0 Å². The Balaban J connectivity index is 1.62. The molecule has 4 aromatic rings. The van der Waals surface area contributed by atoms with Gasteiger partial charge in [-0.25, -0.2) is 9.37 Å². The van der Waals surface area contributed by atoms with Crippen LogP contribution in [0.25, 0.3) is 5.65 Å². The highest BCUT2D eigenvalue weighted by Crippen LogP contribution is 2.37. The minimum absolute atomic E-state index is 0.0385. The number of hydrogen-bond donors (Lipinski definition) is 2. The smallest absolute Gasteiger partial charge is 0.322 e. The number of anilines is 2. The second kappa shape index (κ2) is 8.77. The number of rotatable bonds is 4. The molecule has 172 valence electrons. The van der Waals surface area contributed by atoms with Gasteiger partial charge in [0, 0.05) is 23.6 Å². The molecule has 0 aliphatic heterocycles. The lowest BCUT2D eigenvalue weighted by atomic mass is 10.1. The van der Waals surface area contributed by atoms with Crippen LogP contribution in [0.4, 0.5) is 28.9 Å². The number of nitrogens with zero attached hydrogens (tertiary/aromatic N) is 2. The van der Waals surface area contributed by atoms with Gasteiger partial charge >= 0.3 is 6.18 Å². The number of nitrogens with one attached hydrogen (secondary N) is 2. The fourth-order valence-corrected chi connectivity index (χ4v) is 3.14. The lowest BCUT2D eigenvalue weighted by Gasteiger charge is -2.16. The number of aromatic nitrogens is 2. The van der Waals surface area contributed by atoms with Crippen molar-refractivity contribution >= 4 is 28.8 Å². The van der Waals surface area contributed by atoms with E-state index in [-0.39, 0.29) is 16.9 Å². The topological polar surface area (TPSA) is 92.6 Å². The second-order valence-corrected chi connectivity index (χ2v) is 7.08. The molecule has 2 N–H and O–H groups in total. The van der Waals surface area contributed by atoms with E-state index in [1.165, 1.54) is 24.4 Å². The average Bonchev–Trinajstić information content (AvgIpc) is 2.80. The van der Waals surface area contributed by atoms with E-state index in [9.17, 15) is 31.9 Å². The number of fused-ring (bicyclic) bond motifs is 1. The summed E-state index contributed by atoms with van der Waals surface area (Å²) in [6.45, 7) is 0. The lowest BCUT2D eigenvalue weighted by Crippen LogP contribution is -2.27. The largest absolute Gasteiger partial charge is 0.418 e. The standard InChI is InChI=1S/C23H14F4N4O3/c24-14-6-4-13(5-7-14)20(32)29-15-8-9-18(17(11-15)23(25,26)27)30-21(33)16-12-28-19-3-1-2-10-31(19)22(16)34/h1-12H,(H,29,32)(H,30,33). The Kier molecular flexibility index (Phi) is 5.84. The van der Waals surface area contributed by atoms with Gasteiger partial charge in [0.1, 0.15) is 17.0 Å². The van der Waals surface area contributed by atoms with Gasteiger partial charge in [0.05, 0.1) is 11.3 Å². The molecule has 0 spiro atoms. The molecule has 0 radical (unpaired) electrons. The lowest BCUT2D eigenvalue weighted by molar-refractivity contribution is -0.136. The van der Waals surface area contributed by atoms with Crippen LogP contribution in [-0.4, -0.2) is 21.2 Å². The van der Waals surface area contributed by atoms with E-state index >= 15 is 0 Å². The molecule has 0 fully saturated rings. The van der Waals surface area contributed by atoms with Gasteiger partial charge in [-0.2, -0.15) is 13.2 Å². The quantitative estimate of drug-likeness (QED) is 0.434. The molecule has 0 aliphatic carbocycles. The van der Waals surface area contributed by atoms with Crippen molar-refractivity contribution in [3.05, 3.63) is 106 Å². The van der Waals surface area contributed by atoms with E-state index in [1.54, 1.807) is 12.1 Å². The summed E-state index contributed by atoms with van der Waals surface area (Å²) in [4.78, 5) is 41.4.